The number of amides is 2. The molecule has 23 heavy (non-hydrogen) atoms. The lowest BCUT2D eigenvalue weighted by Gasteiger charge is -2.22. The van der Waals surface area contributed by atoms with Gasteiger partial charge in [-0.2, -0.15) is 17.1 Å². The minimum atomic E-state index is -3.85. The first-order valence-electron chi connectivity index (χ1n) is 7.05. The summed E-state index contributed by atoms with van der Waals surface area (Å²) in [5.41, 5.74) is 0. The lowest BCUT2D eigenvalue weighted by Crippen LogP contribution is -2.41. The first-order valence-corrected chi connectivity index (χ1v) is 9.43. The Morgan fingerprint density at radius 1 is 1.52 bits per heavy atom. The molecule has 0 aliphatic carbocycles. The second kappa shape index (κ2) is 6.96. The smallest absolute Gasteiger partial charge is 0.328 e. The van der Waals surface area contributed by atoms with Crippen LogP contribution < -0.4 is 0 Å². The van der Waals surface area contributed by atoms with E-state index in [0.29, 0.717) is 6.54 Å². The standard InChI is InChI=1S/C12H19N5O4S2/c1-4-7-15(6-3)23(20,21)16-9-22-11(13-16)17-10(18)8-14(5-2)12(17)19/h1,10,18H,5-9H2,2-3H3. The maximum absolute atomic E-state index is 12.5. The molecule has 0 saturated carbocycles. The Morgan fingerprint density at radius 3 is 2.74 bits per heavy atom. The maximum Gasteiger partial charge on any atom is 0.328 e. The van der Waals surface area contributed by atoms with Crippen LogP contribution in [0.5, 0.6) is 0 Å². The van der Waals surface area contributed by atoms with E-state index in [1.165, 1.54) is 4.90 Å². The third-order valence-electron chi connectivity index (χ3n) is 3.46. The zero-order valence-electron chi connectivity index (χ0n) is 12.9. The summed E-state index contributed by atoms with van der Waals surface area (Å²) in [5, 5.41) is 14.2. The van der Waals surface area contributed by atoms with Crippen LogP contribution in [0.15, 0.2) is 5.10 Å². The number of carbonyl (C=O) groups excluding carboxylic acids is 1. The molecule has 1 N–H and O–H groups in total. The second-order valence-electron chi connectivity index (χ2n) is 4.79. The number of urea groups is 1. The first-order chi connectivity index (χ1) is 10.9. The van der Waals surface area contributed by atoms with Crippen LogP contribution in [0.25, 0.3) is 0 Å². The average Bonchev–Trinajstić information content (AvgIpc) is 3.09. The number of aliphatic hydroxyl groups excluding tert-OH is 1. The molecule has 2 rings (SSSR count). The second-order valence-corrected chi connectivity index (χ2v) is 7.53. The summed E-state index contributed by atoms with van der Waals surface area (Å²) in [6.07, 6.45) is 4.15. The van der Waals surface area contributed by atoms with Crippen LogP contribution in [0.3, 0.4) is 0 Å². The molecule has 2 amide bonds. The minimum absolute atomic E-state index is 0.0291. The monoisotopic (exact) mass is 361 g/mol. The van der Waals surface area contributed by atoms with Gasteiger partial charge in [-0.05, 0) is 6.92 Å². The quantitative estimate of drug-likeness (QED) is 0.669. The lowest BCUT2D eigenvalue weighted by atomic mass is 10.5. The van der Waals surface area contributed by atoms with Gasteiger partial charge in [-0.15, -0.1) is 11.5 Å². The van der Waals surface area contributed by atoms with E-state index in [-0.39, 0.29) is 36.7 Å². The van der Waals surface area contributed by atoms with E-state index in [2.05, 4.69) is 11.0 Å². The van der Waals surface area contributed by atoms with E-state index in [9.17, 15) is 18.3 Å². The fraction of sp³-hybridized carbons (Fsp3) is 0.667. The van der Waals surface area contributed by atoms with Gasteiger partial charge in [-0.3, -0.25) is 0 Å². The molecule has 2 heterocycles. The van der Waals surface area contributed by atoms with Crippen molar-refractivity contribution in [2.75, 3.05) is 32.1 Å². The molecule has 11 heteroatoms. The van der Waals surface area contributed by atoms with Crippen LogP contribution in [-0.2, 0) is 10.2 Å². The summed E-state index contributed by atoms with van der Waals surface area (Å²) < 4.78 is 26.9. The number of carbonyl (C=O) groups is 1. The zero-order chi connectivity index (χ0) is 17.2. The van der Waals surface area contributed by atoms with E-state index in [4.69, 9.17) is 6.42 Å². The first kappa shape index (κ1) is 17.9. The molecule has 0 radical (unpaired) electrons. The number of aliphatic hydroxyl groups is 1. The Bertz CT molecular complexity index is 644. The van der Waals surface area contributed by atoms with Gasteiger partial charge in [0.15, 0.2) is 11.4 Å². The Labute approximate surface area is 140 Å². The van der Waals surface area contributed by atoms with Crippen molar-refractivity contribution < 1.29 is 18.3 Å². The molecule has 128 valence electrons. The normalized spacial score (nSPS) is 22.0. The predicted molar refractivity (Wildman–Crippen MR) is 87.2 cm³/mol. The molecular formula is C12H19N5O4S2. The van der Waals surface area contributed by atoms with Crippen molar-refractivity contribution in [2.45, 2.75) is 20.1 Å². The number of β-amino-alcohol motifs (C(OH)–C–C–N with tert-alkyl or cyclic N) is 1. The van der Waals surface area contributed by atoms with Gasteiger partial charge in [0.05, 0.1) is 13.1 Å². The number of rotatable bonds is 5. The van der Waals surface area contributed by atoms with Crippen molar-refractivity contribution in [2.24, 2.45) is 5.10 Å². The van der Waals surface area contributed by atoms with Crippen molar-refractivity contribution in [3.8, 4) is 12.3 Å². The third kappa shape index (κ3) is 3.25. The number of hydrogen-bond acceptors (Lipinski definition) is 6. The largest absolute Gasteiger partial charge is 0.371 e. The van der Waals surface area contributed by atoms with E-state index in [1.807, 2.05) is 0 Å². The van der Waals surface area contributed by atoms with E-state index >= 15 is 0 Å². The van der Waals surface area contributed by atoms with Crippen LogP contribution >= 0.6 is 11.8 Å². The zero-order valence-corrected chi connectivity index (χ0v) is 14.5. The van der Waals surface area contributed by atoms with Gasteiger partial charge >= 0.3 is 16.2 Å². The van der Waals surface area contributed by atoms with Gasteiger partial charge in [0.2, 0.25) is 0 Å². The van der Waals surface area contributed by atoms with Crippen molar-refractivity contribution in [1.82, 2.24) is 18.5 Å². The molecule has 1 atom stereocenters. The summed E-state index contributed by atoms with van der Waals surface area (Å²) in [7, 11) is -3.85. The minimum Gasteiger partial charge on any atom is -0.371 e. The Morgan fingerprint density at radius 2 is 2.22 bits per heavy atom. The van der Waals surface area contributed by atoms with Gasteiger partial charge in [-0.1, -0.05) is 24.6 Å². The molecule has 0 aromatic rings. The number of hydrazone groups is 1. The fourth-order valence-corrected chi connectivity index (χ4v) is 4.74. The number of terminal acetylenes is 1. The molecule has 0 bridgehead atoms. The highest BCUT2D eigenvalue weighted by Gasteiger charge is 2.42. The maximum atomic E-state index is 12.5. The summed E-state index contributed by atoms with van der Waals surface area (Å²) in [6, 6.07) is -0.388. The van der Waals surface area contributed by atoms with E-state index < -0.39 is 16.4 Å². The van der Waals surface area contributed by atoms with Crippen molar-refractivity contribution >= 4 is 33.2 Å². The molecule has 1 saturated heterocycles. The highest BCUT2D eigenvalue weighted by Crippen LogP contribution is 2.28. The van der Waals surface area contributed by atoms with Gasteiger partial charge in [-0.25, -0.2) is 9.69 Å². The Kier molecular flexibility index (Phi) is 5.41. The molecule has 0 spiro atoms. The molecular weight excluding hydrogens is 342 g/mol. The van der Waals surface area contributed by atoms with Crippen molar-refractivity contribution in [3.63, 3.8) is 0 Å². The van der Waals surface area contributed by atoms with Crippen molar-refractivity contribution in [3.05, 3.63) is 0 Å². The molecule has 9 nitrogen and oxygen atoms in total. The Hall–Kier alpha value is -1.48. The molecule has 0 aromatic carbocycles. The number of amidine groups is 1. The Balaban J connectivity index is 2.21. The molecule has 2 aliphatic heterocycles. The van der Waals surface area contributed by atoms with Crippen LogP contribution in [0, 0.1) is 12.3 Å². The van der Waals surface area contributed by atoms with Crippen LogP contribution in [0.2, 0.25) is 0 Å². The number of likely N-dealkylation sites (N-methyl/N-ethyl adjacent to an activating group) is 1. The van der Waals surface area contributed by atoms with E-state index in [0.717, 1.165) is 25.4 Å². The summed E-state index contributed by atoms with van der Waals surface area (Å²) in [4.78, 5) is 14.7. The molecule has 1 unspecified atom stereocenters. The van der Waals surface area contributed by atoms with Gasteiger partial charge in [0.25, 0.3) is 0 Å². The van der Waals surface area contributed by atoms with Gasteiger partial charge < -0.3 is 10.0 Å². The summed E-state index contributed by atoms with van der Waals surface area (Å²) in [6.45, 7) is 4.26. The lowest BCUT2D eigenvalue weighted by molar-refractivity contribution is 0.105. The van der Waals surface area contributed by atoms with Gasteiger partial charge in [0.1, 0.15) is 5.88 Å². The number of thioether (sulfide) groups is 1. The van der Waals surface area contributed by atoms with E-state index in [1.54, 1.807) is 13.8 Å². The molecule has 2 aliphatic rings. The average molecular weight is 361 g/mol. The fourth-order valence-electron chi connectivity index (χ4n) is 2.20. The topological polar surface area (TPSA) is 96.8 Å². The van der Waals surface area contributed by atoms with Gasteiger partial charge in [0, 0.05) is 13.1 Å². The van der Waals surface area contributed by atoms with Crippen LogP contribution in [0.1, 0.15) is 13.8 Å². The number of hydrogen-bond donors (Lipinski definition) is 1. The predicted octanol–water partition coefficient (Wildman–Crippen LogP) is -0.460. The van der Waals surface area contributed by atoms with Crippen LogP contribution in [-0.4, -0.2) is 81.5 Å². The number of nitrogens with zero attached hydrogens (tertiary/aromatic N) is 5. The SMILES string of the molecule is C#CCN(CC)S(=O)(=O)N1CSC(N2C(=O)N(CC)CC2O)=N1. The van der Waals surface area contributed by atoms with Crippen molar-refractivity contribution in [1.29, 1.82) is 0 Å². The molecule has 1 fully saturated rings. The highest BCUT2D eigenvalue weighted by molar-refractivity contribution is 8.14. The third-order valence-corrected chi connectivity index (χ3v) is 6.32. The summed E-state index contributed by atoms with van der Waals surface area (Å²) >= 11 is 1.08. The van der Waals surface area contributed by atoms with Crippen LogP contribution in [0.4, 0.5) is 4.79 Å². The summed E-state index contributed by atoms with van der Waals surface area (Å²) in [5.74, 6) is 2.32. The molecule has 0 aromatic heterocycles. The highest BCUT2D eigenvalue weighted by atomic mass is 32.2.